The summed E-state index contributed by atoms with van der Waals surface area (Å²) in [7, 11) is -3.48. The Balaban J connectivity index is 1.42. The van der Waals surface area contributed by atoms with Crippen molar-refractivity contribution in [2.45, 2.75) is 75.6 Å². The number of rotatable bonds is 4. The lowest BCUT2D eigenvalue weighted by Gasteiger charge is -2.26. The molecule has 0 spiro atoms. The lowest BCUT2D eigenvalue weighted by atomic mass is 10.1. The Morgan fingerprint density at radius 2 is 1.75 bits per heavy atom. The van der Waals surface area contributed by atoms with Crippen molar-refractivity contribution in [2.24, 2.45) is 0 Å². The predicted octanol–water partition coefficient (Wildman–Crippen LogP) is 3.89. The summed E-state index contributed by atoms with van der Waals surface area (Å²) in [5.41, 5.74) is 3.14. The summed E-state index contributed by atoms with van der Waals surface area (Å²) < 4.78 is 29.7. The molecule has 3 heterocycles. The summed E-state index contributed by atoms with van der Waals surface area (Å²) in [6.45, 7) is 8.04. The zero-order valence-electron chi connectivity index (χ0n) is 19.2. The summed E-state index contributed by atoms with van der Waals surface area (Å²) in [6, 6.07) is 7.16. The summed E-state index contributed by atoms with van der Waals surface area (Å²) in [6.07, 6.45) is 5.86. The van der Waals surface area contributed by atoms with Crippen LogP contribution in [0.3, 0.4) is 0 Å². The van der Waals surface area contributed by atoms with E-state index in [1.165, 1.54) is 0 Å². The number of piperidine rings is 1. The van der Waals surface area contributed by atoms with E-state index in [0.717, 1.165) is 49.0 Å². The van der Waals surface area contributed by atoms with Crippen molar-refractivity contribution in [3.8, 4) is 0 Å². The van der Waals surface area contributed by atoms with E-state index in [1.54, 1.807) is 27.4 Å². The average Bonchev–Trinajstić information content (AvgIpc) is 3.36. The molecule has 0 atom stereocenters. The number of amides is 1. The number of fused-ring (bicyclic) bond motifs is 1. The first-order valence-corrected chi connectivity index (χ1v) is 13.2. The highest BCUT2D eigenvalue weighted by atomic mass is 32.2. The molecule has 0 bridgehead atoms. The molecule has 3 aliphatic rings. The fourth-order valence-electron chi connectivity index (χ4n) is 4.85. The standard InChI is InChI=1S/C24H32N4O3S/c1-24(2,3)28-22(17-7-8-17)16-20(25-28)23(29)27-14-11-18-15-19(9-10-21(18)27)32(30,31)26-12-5-4-6-13-26/h9-10,15-17H,4-8,11-14H2,1-3H3. The maximum atomic E-state index is 13.4. The van der Waals surface area contributed by atoms with Crippen LogP contribution in [0.5, 0.6) is 0 Å². The molecule has 1 aliphatic carbocycles. The predicted molar refractivity (Wildman–Crippen MR) is 124 cm³/mol. The summed E-state index contributed by atoms with van der Waals surface area (Å²) in [5.74, 6) is 0.386. The highest BCUT2D eigenvalue weighted by molar-refractivity contribution is 7.89. The molecule has 2 fully saturated rings. The molecule has 8 heteroatoms. The molecule has 1 saturated heterocycles. The van der Waals surface area contributed by atoms with Crippen LogP contribution in [0.15, 0.2) is 29.2 Å². The minimum atomic E-state index is -3.48. The highest BCUT2D eigenvalue weighted by Crippen LogP contribution is 2.42. The smallest absolute Gasteiger partial charge is 0.278 e. The van der Waals surface area contributed by atoms with Gasteiger partial charge in [-0.05, 0) is 82.7 Å². The van der Waals surface area contributed by atoms with E-state index in [-0.39, 0.29) is 11.4 Å². The molecule has 0 radical (unpaired) electrons. The van der Waals surface area contributed by atoms with E-state index < -0.39 is 10.0 Å². The van der Waals surface area contributed by atoms with Crippen molar-refractivity contribution in [3.05, 3.63) is 41.2 Å². The molecule has 1 aromatic heterocycles. The van der Waals surface area contributed by atoms with Gasteiger partial charge in [-0.1, -0.05) is 6.42 Å². The van der Waals surface area contributed by atoms with Crippen molar-refractivity contribution in [1.82, 2.24) is 14.1 Å². The third-order valence-corrected chi connectivity index (χ3v) is 8.63. The van der Waals surface area contributed by atoms with Gasteiger partial charge >= 0.3 is 0 Å². The van der Waals surface area contributed by atoms with Crippen LogP contribution in [-0.2, 0) is 22.0 Å². The molecule has 172 valence electrons. The van der Waals surface area contributed by atoms with Gasteiger partial charge in [0.2, 0.25) is 10.0 Å². The number of anilines is 1. The Bertz CT molecular complexity index is 1150. The van der Waals surface area contributed by atoms with E-state index in [1.807, 2.05) is 10.7 Å². The largest absolute Gasteiger partial charge is 0.306 e. The Morgan fingerprint density at radius 1 is 1.03 bits per heavy atom. The maximum Gasteiger partial charge on any atom is 0.278 e. The second-order valence-corrected chi connectivity index (χ2v) is 12.2. The van der Waals surface area contributed by atoms with Gasteiger partial charge < -0.3 is 4.90 Å². The monoisotopic (exact) mass is 456 g/mol. The van der Waals surface area contributed by atoms with E-state index >= 15 is 0 Å². The molecule has 2 aliphatic heterocycles. The third-order valence-electron chi connectivity index (χ3n) is 6.73. The molecule has 32 heavy (non-hydrogen) atoms. The van der Waals surface area contributed by atoms with Gasteiger partial charge in [0.05, 0.1) is 10.4 Å². The molecule has 1 saturated carbocycles. The first-order chi connectivity index (χ1) is 15.2. The summed E-state index contributed by atoms with van der Waals surface area (Å²) >= 11 is 0. The fraction of sp³-hybridized carbons (Fsp3) is 0.583. The topological polar surface area (TPSA) is 75.5 Å². The molecule has 0 N–H and O–H groups in total. The molecular formula is C24H32N4O3S. The zero-order valence-corrected chi connectivity index (χ0v) is 20.0. The van der Waals surface area contributed by atoms with Gasteiger partial charge in [-0.2, -0.15) is 9.40 Å². The van der Waals surface area contributed by atoms with Gasteiger partial charge in [0.15, 0.2) is 5.69 Å². The van der Waals surface area contributed by atoms with Crippen molar-refractivity contribution in [3.63, 3.8) is 0 Å². The minimum Gasteiger partial charge on any atom is -0.306 e. The van der Waals surface area contributed by atoms with Crippen LogP contribution in [0.4, 0.5) is 5.69 Å². The number of hydrogen-bond acceptors (Lipinski definition) is 4. The first-order valence-electron chi connectivity index (χ1n) is 11.7. The van der Waals surface area contributed by atoms with Crippen molar-refractivity contribution in [1.29, 1.82) is 0 Å². The van der Waals surface area contributed by atoms with Crippen LogP contribution >= 0.6 is 0 Å². The summed E-state index contributed by atoms with van der Waals surface area (Å²) in [4.78, 5) is 15.5. The number of carbonyl (C=O) groups is 1. The number of hydrogen-bond donors (Lipinski definition) is 0. The van der Waals surface area contributed by atoms with Crippen LogP contribution < -0.4 is 4.90 Å². The molecular weight excluding hydrogens is 424 g/mol. The van der Waals surface area contributed by atoms with Gasteiger partial charge in [-0.25, -0.2) is 8.42 Å². The first kappa shape index (κ1) is 21.6. The van der Waals surface area contributed by atoms with Crippen LogP contribution in [0.2, 0.25) is 0 Å². The molecule has 0 unspecified atom stereocenters. The van der Waals surface area contributed by atoms with Gasteiger partial charge in [0.1, 0.15) is 0 Å². The van der Waals surface area contributed by atoms with E-state index in [9.17, 15) is 13.2 Å². The number of benzene rings is 1. The van der Waals surface area contributed by atoms with Crippen molar-refractivity contribution in [2.75, 3.05) is 24.5 Å². The average molecular weight is 457 g/mol. The van der Waals surface area contributed by atoms with Crippen molar-refractivity contribution >= 4 is 21.6 Å². The Morgan fingerprint density at radius 3 is 2.41 bits per heavy atom. The lowest BCUT2D eigenvalue weighted by Crippen LogP contribution is -2.35. The normalized spacial score (nSPS) is 19.9. The Hall–Kier alpha value is -2.19. The quantitative estimate of drug-likeness (QED) is 0.699. The highest BCUT2D eigenvalue weighted by Gasteiger charge is 2.35. The van der Waals surface area contributed by atoms with Crippen molar-refractivity contribution < 1.29 is 13.2 Å². The fourth-order valence-corrected chi connectivity index (χ4v) is 6.42. The van der Waals surface area contributed by atoms with E-state index in [0.29, 0.717) is 42.6 Å². The van der Waals surface area contributed by atoms with Crippen LogP contribution in [0.25, 0.3) is 0 Å². The molecule has 1 amide bonds. The van der Waals surface area contributed by atoms with E-state index in [2.05, 4.69) is 20.8 Å². The van der Waals surface area contributed by atoms with Gasteiger partial charge in [-0.15, -0.1) is 0 Å². The van der Waals surface area contributed by atoms with Crippen LogP contribution in [-0.4, -0.2) is 48.0 Å². The van der Waals surface area contributed by atoms with E-state index in [4.69, 9.17) is 5.10 Å². The van der Waals surface area contributed by atoms with Crippen LogP contribution in [0.1, 0.15) is 80.5 Å². The number of carbonyl (C=O) groups excluding carboxylic acids is 1. The van der Waals surface area contributed by atoms with Gasteiger partial charge in [0.25, 0.3) is 5.91 Å². The summed E-state index contributed by atoms with van der Waals surface area (Å²) in [5, 5.41) is 4.70. The lowest BCUT2D eigenvalue weighted by molar-refractivity contribution is 0.0983. The number of sulfonamides is 1. The second-order valence-electron chi connectivity index (χ2n) is 10.3. The second kappa shape index (κ2) is 7.70. The Labute approximate surface area is 190 Å². The zero-order chi connectivity index (χ0) is 22.7. The van der Waals surface area contributed by atoms with Gasteiger partial charge in [-0.3, -0.25) is 9.48 Å². The van der Waals surface area contributed by atoms with Crippen LogP contribution in [0, 0.1) is 0 Å². The molecule has 1 aromatic carbocycles. The minimum absolute atomic E-state index is 0.111. The van der Waals surface area contributed by atoms with Gasteiger partial charge in [0, 0.05) is 36.9 Å². The maximum absolute atomic E-state index is 13.4. The molecule has 2 aromatic rings. The third kappa shape index (κ3) is 3.77. The molecule has 7 nitrogen and oxygen atoms in total. The SMILES string of the molecule is CC(C)(C)n1nc(C(=O)N2CCc3cc(S(=O)(=O)N4CCCCC4)ccc32)cc1C1CC1. The Kier molecular flexibility index (Phi) is 5.21. The number of nitrogens with zero attached hydrogens (tertiary/aromatic N) is 4. The number of aromatic nitrogens is 2. The molecule has 5 rings (SSSR count).